The molecule has 2 saturated heterocycles. The normalized spacial score (nSPS) is 28.3. The lowest BCUT2D eigenvalue weighted by Gasteiger charge is -2.38. The van der Waals surface area contributed by atoms with Gasteiger partial charge in [-0.05, 0) is 69.4 Å². The maximum absolute atomic E-state index is 12.4. The van der Waals surface area contributed by atoms with E-state index >= 15 is 0 Å². The zero-order valence-electron chi connectivity index (χ0n) is 14.7. The van der Waals surface area contributed by atoms with Gasteiger partial charge in [0.15, 0.2) is 0 Å². The molecule has 0 radical (unpaired) electrons. The van der Waals surface area contributed by atoms with Gasteiger partial charge < -0.3 is 15.3 Å². The molecule has 1 saturated carbocycles. The molecule has 24 heavy (non-hydrogen) atoms. The van der Waals surface area contributed by atoms with Crippen molar-refractivity contribution in [1.82, 2.24) is 10.2 Å². The average Bonchev–Trinajstić information content (AvgIpc) is 3.05. The van der Waals surface area contributed by atoms with Crippen LogP contribution in [-0.2, 0) is 9.59 Å². The van der Waals surface area contributed by atoms with E-state index in [0.29, 0.717) is 42.8 Å². The Hall–Kier alpha value is -0.940. The molecule has 2 atom stereocenters. The Bertz CT molecular complexity index is 440. The number of ketones is 1. The molecular formula is C19H32N2O3. The molecule has 3 fully saturated rings. The first kappa shape index (κ1) is 17.9. The second-order valence-electron chi connectivity index (χ2n) is 7.98. The number of Topliss-reactive ketones (excluding diaryl/α,β-unsaturated/α-hetero) is 1. The second kappa shape index (κ2) is 8.43. The van der Waals surface area contributed by atoms with Crippen molar-refractivity contribution in [2.45, 2.75) is 63.9 Å². The number of aliphatic hydroxyl groups excluding tert-OH is 1. The number of hydrogen-bond donors (Lipinski definition) is 2. The molecule has 2 heterocycles. The van der Waals surface area contributed by atoms with Crippen molar-refractivity contribution < 1.29 is 14.7 Å². The van der Waals surface area contributed by atoms with E-state index in [1.807, 2.05) is 4.90 Å². The summed E-state index contributed by atoms with van der Waals surface area (Å²) in [6.07, 6.45) is 7.60. The minimum atomic E-state index is -0.200. The van der Waals surface area contributed by atoms with Gasteiger partial charge in [-0.1, -0.05) is 0 Å². The highest BCUT2D eigenvalue weighted by molar-refractivity contribution is 5.81. The van der Waals surface area contributed by atoms with Crippen molar-refractivity contribution in [3.8, 4) is 0 Å². The Morgan fingerprint density at radius 3 is 2.42 bits per heavy atom. The number of piperidine rings is 2. The first-order chi connectivity index (χ1) is 11.6. The van der Waals surface area contributed by atoms with Crippen molar-refractivity contribution >= 4 is 11.7 Å². The molecule has 5 nitrogen and oxygen atoms in total. The number of aliphatic hydroxyl groups is 1. The van der Waals surface area contributed by atoms with Crippen LogP contribution in [0.3, 0.4) is 0 Å². The van der Waals surface area contributed by atoms with Gasteiger partial charge in [0, 0.05) is 32.4 Å². The van der Waals surface area contributed by atoms with E-state index in [1.165, 1.54) is 0 Å². The van der Waals surface area contributed by atoms with Crippen molar-refractivity contribution in [2.75, 3.05) is 26.2 Å². The molecule has 2 unspecified atom stereocenters. The SMILES string of the molecule is O=C1CCC(CCC(=O)N2CCC(C(O)C3CCNCC3)CC2)C1. The van der Waals surface area contributed by atoms with Crippen LogP contribution in [0.2, 0.25) is 0 Å². The molecule has 3 aliphatic rings. The van der Waals surface area contributed by atoms with Gasteiger partial charge in [-0.2, -0.15) is 0 Å². The number of amides is 1. The molecule has 136 valence electrons. The molecule has 2 N–H and O–H groups in total. The average molecular weight is 336 g/mol. The van der Waals surface area contributed by atoms with Gasteiger partial charge in [-0.25, -0.2) is 0 Å². The third-order valence-corrected chi connectivity index (χ3v) is 6.36. The fourth-order valence-corrected chi connectivity index (χ4v) is 4.68. The van der Waals surface area contributed by atoms with Crippen LogP contribution in [0.5, 0.6) is 0 Å². The number of carbonyl (C=O) groups excluding carboxylic acids is 2. The predicted molar refractivity (Wildman–Crippen MR) is 92.5 cm³/mol. The Labute approximate surface area is 145 Å². The minimum absolute atomic E-state index is 0.200. The third-order valence-electron chi connectivity index (χ3n) is 6.36. The number of nitrogens with zero attached hydrogens (tertiary/aromatic N) is 1. The molecule has 1 aliphatic carbocycles. The van der Waals surface area contributed by atoms with Crippen molar-refractivity contribution in [3.05, 3.63) is 0 Å². The van der Waals surface area contributed by atoms with E-state index in [1.54, 1.807) is 0 Å². The number of carbonyl (C=O) groups is 2. The van der Waals surface area contributed by atoms with Crippen LogP contribution in [0.25, 0.3) is 0 Å². The lowest BCUT2D eigenvalue weighted by atomic mass is 9.80. The predicted octanol–water partition coefficient (Wildman–Crippen LogP) is 1.73. The Balaban J connectivity index is 1.37. The summed E-state index contributed by atoms with van der Waals surface area (Å²) in [6, 6.07) is 0. The summed E-state index contributed by atoms with van der Waals surface area (Å²) in [5.41, 5.74) is 0. The molecule has 3 rings (SSSR count). The van der Waals surface area contributed by atoms with Crippen LogP contribution in [0, 0.1) is 17.8 Å². The smallest absolute Gasteiger partial charge is 0.222 e. The topological polar surface area (TPSA) is 69.6 Å². The highest BCUT2D eigenvalue weighted by Gasteiger charge is 2.32. The molecule has 0 spiro atoms. The summed E-state index contributed by atoms with van der Waals surface area (Å²) in [4.78, 5) is 25.7. The molecule has 0 aromatic carbocycles. The maximum Gasteiger partial charge on any atom is 0.222 e. The van der Waals surface area contributed by atoms with Crippen LogP contribution in [-0.4, -0.2) is 54.0 Å². The van der Waals surface area contributed by atoms with Crippen LogP contribution in [0.4, 0.5) is 0 Å². The number of hydrogen-bond acceptors (Lipinski definition) is 4. The minimum Gasteiger partial charge on any atom is -0.393 e. The molecule has 5 heteroatoms. The molecule has 0 aromatic heterocycles. The summed E-state index contributed by atoms with van der Waals surface area (Å²) in [6.45, 7) is 3.61. The second-order valence-corrected chi connectivity index (χ2v) is 7.98. The van der Waals surface area contributed by atoms with Gasteiger partial charge in [0.05, 0.1) is 6.10 Å². The molecule has 2 aliphatic heterocycles. The highest BCUT2D eigenvalue weighted by Crippen LogP contribution is 2.30. The molecule has 1 amide bonds. The highest BCUT2D eigenvalue weighted by atomic mass is 16.3. The number of rotatable bonds is 5. The number of likely N-dealkylation sites (tertiary alicyclic amines) is 1. The van der Waals surface area contributed by atoms with Crippen LogP contribution in [0.1, 0.15) is 57.8 Å². The van der Waals surface area contributed by atoms with Crippen LogP contribution in [0.15, 0.2) is 0 Å². The monoisotopic (exact) mass is 336 g/mol. The van der Waals surface area contributed by atoms with E-state index in [0.717, 1.165) is 64.7 Å². The summed E-state index contributed by atoms with van der Waals surface area (Å²) >= 11 is 0. The van der Waals surface area contributed by atoms with Gasteiger partial charge in [-0.3, -0.25) is 9.59 Å². The summed E-state index contributed by atoms with van der Waals surface area (Å²) in [5.74, 6) is 1.81. The zero-order chi connectivity index (χ0) is 16.9. The van der Waals surface area contributed by atoms with Crippen molar-refractivity contribution in [1.29, 1.82) is 0 Å². The Kier molecular flexibility index (Phi) is 6.28. The van der Waals surface area contributed by atoms with E-state index < -0.39 is 0 Å². The van der Waals surface area contributed by atoms with Gasteiger partial charge in [0.2, 0.25) is 5.91 Å². The van der Waals surface area contributed by atoms with E-state index in [2.05, 4.69) is 5.32 Å². The quantitative estimate of drug-likeness (QED) is 0.802. The van der Waals surface area contributed by atoms with Gasteiger partial charge in [-0.15, -0.1) is 0 Å². The molecule has 0 bridgehead atoms. The van der Waals surface area contributed by atoms with Crippen molar-refractivity contribution in [3.63, 3.8) is 0 Å². The summed E-state index contributed by atoms with van der Waals surface area (Å²) in [5, 5.41) is 14.0. The lowest BCUT2D eigenvalue weighted by Crippen LogP contribution is -2.44. The fourth-order valence-electron chi connectivity index (χ4n) is 4.68. The van der Waals surface area contributed by atoms with E-state index in [9.17, 15) is 14.7 Å². The van der Waals surface area contributed by atoms with E-state index in [-0.39, 0.29) is 12.0 Å². The first-order valence-electron chi connectivity index (χ1n) is 9.81. The maximum atomic E-state index is 12.4. The lowest BCUT2D eigenvalue weighted by molar-refractivity contribution is -0.134. The number of nitrogens with one attached hydrogen (secondary N) is 1. The summed E-state index contributed by atoms with van der Waals surface area (Å²) < 4.78 is 0. The zero-order valence-corrected chi connectivity index (χ0v) is 14.7. The Morgan fingerprint density at radius 2 is 1.79 bits per heavy atom. The van der Waals surface area contributed by atoms with E-state index in [4.69, 9.17) is 0 Å². The Morgan fingerprint density at radius 1 is 1.12 bits per heavy atom. The third kappa shape index (κ3) is 4.57. The van der Waals surface area contributed by atoms with Gasteiger partial charge in [0.25, 0.3) is 0 Å². The fraction of sp³-hybridized carbons (Fsp3) is 0.895. The van der Waals surface area contributed by atoms with Crippen molar-refractivity contribution in [2.24, 2.45) is 17.8 Å². The molecule has 0 aromatic rings. The van der Waals surface area contributed by atoms with Crippen LogP contribution >= 0.6 is 0 Å². The van der Waals surface area contributed by atoms with Gasteiger partial charge >= 0.3 is 0 Å². The first-order valence-corrected chi connectivity index (χ1v) is 9.81. The largest absolute Gasteiger partial charge is 0.393 e. The van der Waals surface area contributed by atoms with Crippen LogP contribution < -0.4 is 5.32 Å². The molecular weight excluding hydrogens is 304 g/mol. The van der Waals surface area contributed by atoms with Gasteiger partial charge in [0.1, 0.15) is 5.78 Å². The standard InChI is InChI=1S/C19H32N2O3/c22-17-3-1-14(13-17)2-4-18(23)21-11-7-16(8-12-21)19(24)15-5-9-20-10-6-15/h14-16,19-20,24H,1-13H2. The summed E-state index contributed by atoms with van der Waals surface area (Å²) in [7, 11) is 0.